The van der Waals surface area contributed by atoms with Crippen LogP contribution in [-0.2, 0) is 20.7 Å². The van der Waals surface area contributed by atoms with Crippen molar-refractivity contribution in [2.24, 2.45) is 5.92 Å². The third-order valence-corrected chi connectivity index (χ3v) is 5.96. The SMILES string of the molecule is CCOC(=O)C1CCCN(C(=O)C(Cc2ccccc2)NC(=O)c2ccc(Cl)cc2Cl)C1. The molecule has 0 spiro atoms. The minimum absolute atomic E-state index is 0.209. The summed E-state index contributed by atoms with van der Waals surface area (Å²) < 4.78 is 5.14. The van der Waals surface area contributed by atoms with Crippen LogP contribution in [0.25, 0.3) is 0 Å². The summed E-state index contributed by atoms with van der Waals surface area (Å²) in [4.78, 5) is 40.2. The summed E-state index contributed by atoms with van der Waals surface area (Å²) >= 11 is 12.1. The summed E-state index contributed by atoms with van der Waals surface area (Å²) in [5, 5.41) is 3.46. The van der Waals surface area contributed by atoms with E-state index in [0.29, 0.717) is 37.4 Å². The average Bonchev–Trinajstić information content (AvgIpc) is 2.79. The number of hydrogen-bond donors (Lipinski definition) is 1. The molecule has 2 amide bonds. The minimum Gasteiger partial charge on any atom is -0.466 e. The lowest BCUT2D eigenvalue weighted by molar-refractivity contribution is -0.151. The molecular formula is C24H26Cl2N2O4. The van der Waals surface area contributed by atoms with Crippen LogP contribution in [-0.4, -0.2) is 48.4 Å². The van der Waals surface area contributed by atoms with Crippen molar-refractivity contribution in [2.45, 2.75) is 32.2 Å². The highest BCUT2D eigenvalue weighted by Gasteiger charge is 2.33. The van der Waals surface area contributed by atoms with Crippen LogP contribution in [0.1, 0.15) is 35.7 Å². The highest BCUT2D eigenvalue weighted by Crippen LogP contribution is 2.22. The Morgan fingerprint density at radius 2 is 1.91 bits per heavy atom. The first-order valence-electron chi connectivity index (χ1n) is 10.6. The molecule has 0 radical (unpaired) electrons. The zero-order valence-corrected chi connectivity index (χ0v) is 19.4. The Morgan fingerprint density at radius 3 is 2.59 bits per heavy atom. The first-order chi connectivity index (χ1) is 15.4. The van der Waals surface area contributed by atoms with Crippen molar-refractivity contribution < 1.29 is 19.1 Å². The van der Waals surface area contributed by atoms with E-state index >= 15 is 0 Å². The van der Waals surface area contributed by atoms with Gasteiger partial charge in [-0.3, -0.25) is 14.4 Å². The van der Waals surface area contributed by atoms with Crippen LogP contribution in [0.2, 0.25) is 10.0 Å². The van der Waals surface area contributed by atoms with Gasteiger partial charge < -0.3 is 15.0 Å². The number of nitrogens with one attached hydrogen (secondary N) is 1. The van der Waals surface area contributed by atoms with Gasteiger partial charge in [-0.05, 0) is 43.5 Å². The predicted molar refractivity (Wildman–Crippen MR) is 124 cm³/mol. The summed E-state index contributed by atoms with van der Waals surface area (Å²) in [5.74, 6) is -1.34. The molecule has 2 aromatic carbocycles. The minimum atomic E-state index is -0.808. The van der Waals surface area contributed by atoms with Crippen molar-refractivity contribution in [1.29, 1.82) is 0 Å². The molecule has 1 N–H and O–H groups in total. The van der Waals surface area contributed by atoms with Gasteiger partial charge in [-0.2, -0.15) is 0 Å². The maximum atomic E-state index is 13.4. The molecule has 2 atom stereocenters. The van der Waals surface area contributed by atoms with E-state index in [1.165, 1.54) is 12.1 Å². The van der Waals surface area contributed by atoms with E-state index in [1.807, 2.05) is 30.3 Å². The summed E-state index contributed by atoms with van der Waals surface area (Å²) in [6, 6.07) is 13.2. The second-order valence-corrected chi connectivity index (χ2v) is 8.56. The lowest BCUT2D eigenvalue weighted by Gasteiger charge is -2.34. The molecule has 0 aliphatic carbocycles. The lowest BCUT2D eigenvalue weighted by atomic mass is 9.96. The number of likely N-dealkylation sites (tertiary alicyclic amines) is 1. The van der Waals surface area contributed by atoms with Gasteiger partial charge in [0.25, 0.3) is 5.91 Å². The first kappa shape index (κ1) is 24.1. The van der Waals surface area contributed by atoms with Crippen molar-refractivity contribution in [3.8, 4) is 0 Å². The van der Waals surface area contributed by atoms with Crippen LogP contribution < -0.4 is 5.32 Å². The number of halogens is 2. The second kappa shape index (κ2) is 11.3. The van der Waals surface area contributed by atoms with Gasteiger partial charge in [0.15, 0.2) is 0 Å². The van der Waals surface area contributed by atoms with Gasteiger partial charge in [0.05, 0.1) is 23.1 Å². The third-order valence-electron chi connectivity index (χ3n) is 5.41. The van der Waals surface area contributed by atoms with Crippen molar-refractivity contribution in [2.75, 3.05) is 19.7 Å². The molecule has 1 heterocycles. The number of nitrogens with zero attached hydrogens (tertiary/aromatic N) is 1. The van der Waals surface area contributed by atoms with Crippen molar-refractivity contribution in [3.63, 3.8) is 0 Å². The van der Waals surface area contributed by atoms with Gasteiger partial charge in [-0.15, -0.1) is 0 Å². The van der Waals surface area contributed by atoms with E-state index in [2.05, 4.69) is 5.32 Å². The number of esters is 1. The molecule has 2 aromatic rings. The quantitative estimate of drug-likeness (QED) is 0.609. The number of amides is 2. The maximum absolute atomic E-state index is 13.4. The second-order valence-electron chi connectivity index (χ2n) is 7.72. The summed E-state index contributed by atoms with van der Waals surface area (Å²) in [7, 11) is 0. The molecule has 32 heavy (non-hydrogen) atoms. The number of carbonyl (C=O) groups excluding carboxylic acids is 3. The molecule has 2 unspecified atom stereocenters. The molecule has 1 fully saturated rings. The Balaban J connectivity index is 1.79. The molecule has 1 aliphatic rings. The molecule has 1 saturated heterocycles. The molecule has 6 nitrogen and oxygen atoms in total. The molecule has 3 rings (SSSR count). The fraction of sp³-hybridized carbons (Fsp3) is 0.375. The average molecular weight is 477 g/mol. The Hall–Kier alpha value is -2.57. The Morgan fingerprint density at radius 1 is 1.16 bits per heavy atom. The van der Waals surface area contributed by atoms with Crippen LogP contribution in [0.5, 0.6) is 0 Å². The highest BCUT2D eigenvalue weighted by atomic mass is 35.5. The van der Waals surface area contributed by atoms with E-state index in [1.54, 1.807) is 17.9 Å². The van der Waals surface area contributed by atoms with Crippen LogP contribution in [0.4, 0.5) is 0 Å². The maximum Gasteiger partial charge on any atom is 0.310 e. The number of ether oxygens (including phenoxy) is 1. The number of benzene rings is 2. The highest BCUT2D eigenvalue weighted by molar-refractivity contribution is 6.36. The van der Waals surface area contributed by atoms with Crippen molar-refractivity contribution in [3.05, 3.63) is 69.7 Å². The summed E-state index contributed by atoms with van der Waals surface area (Å²) in [5.41, 5.74) is 1.15. The topological polar surface area (TPSA) is 75.7 Å². The molecule has 0 aromatic heterocycles. The van der Waals surface area contributed by atoms with E-state index < -0.39 is 11.9 Å². The van der Waals surface area contributed by atoms with E-state index in [-0.39, 0.29) is 34.9 Å². The largest absolute Gasteiger partial charge is 0.466 e. The zero-order chi connectivity index (χ0) is 23.1. The van der Waals surface area contributed by atoms with E-state index in [0.717, 1.165) is 5.56 Å². The Bertz CT molecular complexity index is 968. The zero-order valence-electron chi connectivity index (χ0n) is 17.9. The van der Waals surface area contributed by atoms with Gasteiger partial charge in [0.1, 0.15) is 6.04 Å². The molecule has 1 aliphatic heterocycles. The van der Waals surface area contributed by atoms with E-state index in [9.17, 15) is 14.4 Å². The van der Waals surface area contributed by atoms with Gasteiger partial charge >= 0.3 is 5.97 Å². The standard InChI is InChI=1S/C24H26Cl2N2O4/c1-2-32-24(31)17-9-6-12-28(15-17)23(30)21(13-16-7-4-3-5-8-16)27-22(29)19-11-10-18(25)14-20(19)26/h3-5,7-8,10-11,14,17,21H,2,6,9,12-13,15H2,1H3,(H,27,29). The summed E-state index contributed by atoms with van der Waals surface area (Å²) in [6.45, 7) is 2.87. The van der Waals surface area contributed by atoms with Gasteiger partial charge in [0.2, 0.25) is 5.91 Å². The Labute approximate surface area is 197 Å². The lowest BCUT2D eigenvalue weighted by Crippen LogP contribution is -2.53. The fourth-order valence-corrected chi connectivity index (χ4v) is 4.30. The summed E-state index contributed by atoms with van der Waals surface area (Å²) in [6.07, 6.45) is 1.69. The molecule has 8 heteroatoms. The van der Waals surface area contributed by atoms with Crippen LogP contribution in [0, 0.1) is 5.92 Å². The monoisotopic (exact) mass is 476 g/mol. The number of piperidine rings is 1. The van der Waals surface area contributed by atoms with Crippen LogP contribution in [0.15, 0.2) is 48.5 Å². The first-order valence-corrected chi connectivity index (χ1v) is 11.4. The number of hydrogen-bond acceptors (Lipinski definition) is 4. The number of carbonyl (C=O) groups is 3. The van der Waals surface area contributed by atoms with Crippen molar-refractivity contribution >= 4 is 41.0 Å². The third kappa shape index (κ3) is 6.24. The predicted octanol–water partition coefficient (Wildman–Crippen LogP) is 4.14. The normalized spacial score (nSPS) is 16.8. The fourth-order valence-electron chi connectivity index (χ4n) is 3.81. The molecular weight excluding hydrogens is 451 g/mol. The van der Waals surface area contributed by atoms with Gasteiger partial charge in [-0.1, -0.05) is 53.5 Å². The van der Waals surface area contributed by atoms with Gasteiger partial charge in [0, 0.05) is 24.5 Å². The Kier molecular flexibility index (Phi) is 8.53. The molecule has 0 bridgehead atoms. The van der Waals surface area contributed by atoms with Crippen LogP contribution in [0.3, 0.4) is 0 Å². The van der Waals surface area contributed by atoms with Crippen LogP contribution >= 0.6 is 23.2 Å². The number of rotatable bonds is 7. The molecule has 0 saturated carbocycles. The van der Waals surface area contributed by atoms with Gasteiger partial charge in [-0.25, -0.2) is 0 Å². The molecule has 170 valence electrons. The smallest absolute Gasteiger partial charge is 0.310 e. The van der Waals surface area contributed by atoms with E-state index in [4.69, 9.17) is 27.9 Å². The van der Waals surface area contributed by atoms with Crippen molar-refractivity contribution in [1.82, 2.24) is 10.2 Å².